The Hall–Kier alpha value is -3.35. The number of rotatable bonds is 10. The van der Waals surface area contributed by atoms with Crippen molar-refractivity contribution in [2.75, 3.05) is 18.5 Å². The molecule has 0 aliphatic carbocycles. The van der Waals surface area contributed by atoms with Crippen LogP contribution in [0.1, 0.15) is 55.3 Å². The number of esters is 1. The molecule has 7 heteroatoms. The van der Waals surface area contributed by atoms with Crippen LogP contribution in [-0.4, -0.2) is 37.0 Å². The minimum atomic E-state index is -1.02. The van der Waals surface area contributed by atoms with Gasteiger partial charge in [-0.05, 0) is 69.2 Å². The van der Waals surface area contributed by atoms with Gasteiger partial charge in [0.15, 0.2) is 23.4 Å². The Balaban J connectivity index is 2.02. The van der Waals surface area contributed by atoms with Crippen LogP contribution in [0.3, 0.4) is 0 Å². The highest BCUT2D eigenvalue weighted by Gasteiger charge is 2.20. The zero-order valence-corrected chi connectivity index (χ0v) is 18.6. The summed E-state index contributed by atoms with van der Waals surface area (Å²) in [5.74, 6) is 0.147. The van der Waals surface area contributed by atoms with E-state index in [9.17, 15) is 14.4 Å². The van der Waals surface area contributed by atoms with E-state index in [0.29, 0.717) is 41.9 Å². The van der Waals surface area contributed by atoms with E-state index >= 15 is 0 Å². The molecule has 0 aliphatic heterocycles. The molecular weight excluding hydrogens is 398 g/mol. The molecule has 0 radical (unpaired) electrons. The van der Waals surface area contributed by atoms with Gasteiger partial charge in [0.05, 0.1) is 18.8 Å². The number of ketones is 1. The number of Topliss-reactive ketones (excluding diaryl/α,β-unsaturated/α-hetero) is 1. The highest BCUT2D eigenvalue weighted by molar-refractivity contribution is 5.98. The fraction of sp³-hybridized carbons (Fsp3) is 0.375. The quantitative estimate of drug-likeness (QED) is 0.443. The van der Waals surface area contributed by atoms with Crippen LogP contribution in [0.4, 0.5) is 5.69 Å². The standard InChI is InChI=1S/C24H29NO6/c1-6-29-22-13-19(9-12-21(22)30-14-15(2)3)24(28)31-17(5)23(27)25-20-10-7-18(8-11-20)16(4)26/h7-13,15,17H,6,14H2,1-5H3,(H,25,27)/t17-/m1/s1. The molecule has 1 N–H and O–H groups in total. The molecule has 166 valence electrons. The van der Waals surface area contributed by atoms with E-state index in [-0.39, 0.29) is 11.3 Å². The first kappa shape index (κ1) is 23.9. The van der Waals surface area contributed by atoms with Gasteiger partial charge in [-0.3, -0.25) is 9.59 Å². The number of carbonyl (C=O) groups excluding carboxylic acids is 3. The first-order valence-corrected chi connectivity index (χ1v) is 10.2. The van der Waals surface area contributed by atoms with Crippen molar-refractivity contribution < 1.29 is 28.6 Å². The summed E-state index contributed by atoms with van der Waals surface area (Å²) in [6.07, 6.45) is -1.02. The number of anilines is 1. The minimum Gasteiger partial charge on any atom is -0.490 e. The van der Waals surface area contributed by atoms with Crippen LogP contribution in [0.5, 0.6) is 11.5 Å². The fourth-order valence-electron chi connectivity index (χ4n) is 2.59. The molecule has 0 saturated carbocycles. The molecule has 0 saturated heterocycles. The van der Waals surface area contributed by atoms with Gasteiger partial charge in [0.25, 0.3) is 5.91 Å². The summed E-state index contributed by atoms with van der Waals surface area (Å²) < 4.78 is 16.6. The first-order valence-electron chi connectivity index (χ1n) is 10.2. The Kier molecular flexibility index (Phi) is 8.61. The smallest absolute Gasteiger partial charge is 0.339 e. The number of ether oxygens (including phenoxy) is 3. The second-order valence-electron chi connectivity index (χ2n) is 7.47. The third-order valence-electron chi connectivity index (χ3n) is 4.26. The maximum absolute atomic E-state index is 12.5. The Morgan fingerprint density at radius 2 is 1.55 bits per heavy atom. The van der Waals surface area contributed by atoms with Gasteiger partial charge in [-0.25, -0.2) is 4.79 Å². The van der Waals surface area contributed by atoms with Crippen molar-refractivity contribution in [2.24, 2.45) is 5.92 Å². The Bertz CT molecular complexity index is 920. The topological polar surface area (TPSA) is 90.9 Å². The van der Waals surface area contributed by atoms with Gasteiger partial charge in [-0.15, -0.1) is 0 Å². The molecule has 2 aromatic carbocycles. The molecule has 0 unspecified atom stereocenters. The van der Waals surface area contributed by atoms with Crippen molar-refractivity contribution >= 4 is 23.3 Å². The van der Waals surface area contributed by atoms with E-state index in [1.807, 2.05) is 20.8 Å². The monoisotopic (exact) mass is 427 g/mol. The van der Waals surface area contributed by atoms with Crippen molar-refractivity contribution in [1.29, 1.82) is 0 Å². The van der Waals surface area contributed by atoms with Crippen molar-refractivity contribution in [3.8, 4) is 11.5 Å². The number of hydrogen-bond donors (Lipinski definition) is 1. The van der Waals surface area contributed by atoms with E-state index in [1.54, 1.807) is 42.5 Å². The summed E-state index contributed by atoms with van der Waals surface area (Å²) in [7, 11) is 0. The molecule has 31 heavy (non-hydrogen) atoms. The molecule has 0 aromatic heterocycles. The number of nitrogens with one attached hydrogen (secondary N) is 1. The maximum atomic E-state index is 12.5. The molecule has 0 heterocycles. The summed E-state index contributed by atoms with van der Waals surface area (Å²) >= 11 is 0. The van der Waals surface area contributed by atoms with Crippen LogP contribution >= 0.6 is 0 Å². The second-order valence-corrected chi connectivity index (χ2v) is 7.47. The molecule has 2 aromatic rings. The summed E-state index contributed by atoms with van der Waals surface area (Å²) in [6.45, 7) is 9.81. The molecule has 0 spiro atoms. The molecule has 2 rings (SSSR count). The summed E-state index contributed by atoms with van der Waals surface area (Å²) in [6, 6.07) is 11.3. The van der Waals surface area contributed by atoms with Crippen molar-refractivity contribution in [1.82, 2.24) is 0 Å². The highest BCUT2D eigenvalue weighted by Crippen LogP contribution is 2.29. The first-order chi connectivity index (χ1) is 14.7. The largest absolute Gasteiger partial charge is 0.490 e. The second kappa shape index (κ2) is 11.2. The van der Waals surface area contributed by atoms with E-state index in [2.05, 4.69) is 5.32 Å². The van der Waals surface area contributed by atoms with Gasteiger partial charge in [-0.2, -0.15) is 0 Å². The van der Waals surface area contributed by atoms with Crippen molar-refractivity contribution in [3.63, 3.8) is 0 Å². The average molecular weight is 427 g/mol. The lowest BCUT2D eigenvalue weighted by Gasteiger charge is -2.16. The third kappa shape index (κ3) is 7.13. The van der Waals surface area contributed by atoms with Gasteiger partial charge in [0.1, 0.15) is 0 Å². The molecule has 1 atom stereocenters. The molecule has 0 aliphatic rings. The van der Waals surface area contributed by atoms with Gasteiger partial charge < -0.3 is 19.5 Å². The van der Waals surface area contributed by atoms with Gasteiger partial charge in [0.2, 0.25) is 0 Å². The lowest BCUT2D eigenvalue weighted by Crippen LogP contribution is -2.30. The van der Waals surface area contributed by atoms with Crippen LogP contribution in [0.2, 0.25) is 0 Å². The number of amides is 1. The van der Waals surface area contributed by atoms with E-state index in [1.165, 1.54) is 13.8 Å². The van der Waals surface area contributed by atoms with Crippen LogP contribution in [-0.2, 0) is 9.53 Å². The molecule has 7 nitrogen and oxygen atoms in total. The van der Waals surface area contributed by atoms with Crippen molar-refractivity contribution in [2.45, 2.75) is 40.7 Å². The van der Waals surface area contributed by atoms with Crippen molar-refractivity contribution in [3.05, 3.63) is 53.6 Å². The minimum absolute atomic E-state index is 0.0628. The van der Waals surface area contributed by atoms with Crippen LogP contribution < -0.4 is 14.8 Å². The summed E-state index contributed by atoms with van der Waals surface area (Å²) in [5, 5.41) is 2.66. The zero-order chi connectivity index (χ0) is 23.0. The van der Waals surface area contributed by atoms with Crippen LogP contribution in [0, 0.1) is 5.92 Å². The lowest BCUT2D eigenvalue weighted by atomic mass is 10.1. The fourth-order valence-corrected chi connectivity index (χ4v) is 2.59. The zero-order valence-electron chi connectivity index (χ0n) is 18.6. The normalized spacial score (nSPS) is 11.5. The van der Waals surface area contributed by atoms with Gasteiger partial charge in [-0.1, -0.05) is 13.8 Å². The van der Waals surface area contributed by atoms with Crippen LogP contribution in [0.25, 0.3) is 0 Å². The molecular formula is C24H29NO6. The molecule has 0 fully saturated rings. The third-order valence-corrected chi connectivity index (χ3v) is 4.26. The SMILES string of the molecule is CCOc1cc(C(=O)O[C@H](C)C(=O)Nc2ccc(C(C)=O)cc2)ccc1OCC(C)C. The predicted octanol–water partition coefficient (Wildman–Crippen LogP) is 4.51. The number of carbonyl (C=O) groups is 3. The van der Waals surface area contributed by atoms with Gasteiger partial charge >= 0.3 is 5.97 Å². The van der Waals surface area contributed by atoms with Crippen LogP contribution in [0.15, 0.2) is 42.5 Å². The average Bonchev–Trinajstić information content (AvgIpc) is 2.73. The molecule has 0 bridgehead atoms. The lowest BCUT2D eigenvalue weighted by molar-refractivity contribution is -0.123. The van der Waals surface area contributed by atoms with Gasteiger partial charge in [0, 0.05) is 11.3 Å². The number of benzene rings is 2. The Morgan fingerprint density at radius 3 is 2.13 bits per heavy atom. The number of hydrogen-bond acceptors (Lipinski definition) is 6. The van der Waals surface area contributed by atoms with E-state index < -0.39 is 18.0 Å². The predicted molar refractivity (Wildman–Crippen MR) is 118 cm³/mol. The Morgan fingerprint density at radius 1 is 0.903 bits per heavy atom. The summed E-state index contributed by atoms with van der Waals surface area (Å²) in [4.78, 5) is 36.2. The van der Waals surface area contributed by atoms with E-state index in [0.717, 1.165) is 0 Å². The maximum Gasteiger partial charge on any atom is 0.339 e. The highest BCUT2D eigenvalue weighted by atomic mass is 16.5. The van der Waals surface area contributed by atoms with E-state index in [4.69, 9.17) is 14.2 Å². The Labute approximate surface area is 182 Å². The summed E-state index contributed by atoms with van der Waals surface area (Å²) in [5.41, 5.74) is 1.30. The molecule has 1 amide bonds.